The third-order valence-corrected chi connectivity index (χ3v) is 5.44. The fraction of sp³-hybridized carbons (Fsp3) is 0.208. The standard InChI is InChI=1S/C24H21F2N5O3/c25-17-6-4-15(5-7-17)22(32)30-21-20(27-10-11-28-21)23(33)29-19-8-12-31(13-9-19)24(34)16-2-1-3-18(26)14-16/h1-7,10-11,14,19H,8-9,12-13H2,(H,29,33)(H,28,30,32). The van der Waals surface area contributed by atoms with Crippen molar-refractivity contribution in [3.05, 3.63) is 89.4 Å². The molecule has 0 atom stereocenters. The molecule has 3 amide bonds. The summed E-state index contributed by atoms with van der Waals surface area (Å²) in [6.45, 7) is 0.795. The van der Waals surface area contributed by atoms with Crippen molar-refractivity contribution in [3.63, 3.8) is 0 Å². The first-order chi connectivity index (χ1) is 16.4. The molecule has 3 aromatic rings. The monoisotopic (exact) mass is 465 g/mol. The summed E-state index contributed by atoms with van der Waals surface area (Å²) in [7, 11) is 0. The van der Waals surface area contributed by atoms with Crippen molar-refractivity contribution < 1.29 is 23.2 Å². The van der Waals surface area contributed by atoms with E-state index in [1.54, 1.807) is 11.0 Å². The van der Waals surface area contributed by atoms with Gasteiger partial charge in [-0.25, -0.2) is 18.7 Å². The summed E-state index contributed by atoms with van der Waals surface area (Å²) in [6, 6.07) is 10.3. The molecule has 0 saturated carbocycles. The number of carbonyl (C=O) groups excluding carboxylic acids is 3. The quantitative estimate of drug-likeness (QED) is 0.603. The summed E-state index contributed by atoms with van der Waals surface area (Å²) in [4.78, 5) is 47.6. The summed E-state index contributed by atoms with van der Waals surface area (Å²) in [6.07, 6.45) is 3.69. The summed E-state index contributed by atoms with van der Waals surface area (Å²) >= 11 is 0. The van der Waals surface area contributed by atoms with Crippen LogP contribution >= 0.6 is 0 Å². The van der Waals surface area contributed by atoms with Crippen molar-refractivity contribution in [3.8, 4) is 0 Å². The number of carbonyl (C=O) groups is 3. The van der Waals surface area contributed by atoms with Gasteiger partial charge in [0.1, 0.15) is 11.6 Å². The maximum Gasteiger partial charge on any atom is 0.273 e. The number of rotatable bonds is 5. The summed E-state index contributed by atoms with van der Waals surface area (Å²) in [5.41, 5.74) is 0.425. The molecule has 1 aromatic heterocycles. The molecule has 4 rings (SSSR count). The van der Waals surface area contributed by atoms with Crippen LogP contribution in [0.1, 0.15) is 44.0 Å². The van der Waals surface area contributed by atoms with Crippen molar-refractivity contribution in [1.82, 2.24) is 20.2 Å². The fourth-order valence-corrected chi connectivity index (χ4v) is 3.66. The van der Waals surface area contributed by atoms with Crippen LogP contribution in [0, 0.1) is 11.6 Å². The molecule has 34 heavy (non-hydrogen) atoms. The minimum atomic E-state index is -0.557. The normalized spacial score (nSPS) is 13.9. The van der Waals surface area contributed by atoms with E-state index >= 15 is 0 Å². The SMILES string of the molecule is O=C(Nc1nccnc1C(=O)NC1CCN(C(=O)c2cccc(F)c2)CC1)c1ccc(F)cc1. The van der Waals surface area contributed by atoms with Gasteiger partial charge in [0.2, 0.25) is 0 Å². The van der Waals surface area contributed by atoms with Gasteiger partial charge in [0.05, 0.1) is 0 Å². The number of nitrogens with one attached hydrogen (secondary N) is 2. The smallest absolute Gasteiger partial charge is 0.273 e. The number of likely N-dealkylation sites (tertiary alicyclic amines) is 1. The fourth-order valence-electron chi connectivity index (χ4n) is 3.66. The van der Waals surface area contributed by atoms with Crippen LogP contribution in [0.25, 0.3) is 0 Å². The first-order valence-electron chi connectivity index (χ1n) is 10.6. The van der Waals surface area contributed by atoms with E-state index in [1.165, 1.54) is 42.7 Å². The van der Waals surface area contributed by atoms with Gasteiger partial charge in [0, 0.05) is 42.7 Å². The molecule has 2 aromatic carbocycles. The Balaban J connectivity index is 1.36. The van der Waals surface area contributed by atoms with E-state index in [-0.39, 0.29) is 34.6 Å². The van der Waals surface area contributed by atoms with Crippen LogP contribution in [0.15, 0.2) is 60.9 Å². The predicted molar refractivity (Wildman–Crippen MR) is 119 cm³/mol. The topological polar surface area (TPSA) is 104 Å². The molecule has 2 N–H and O–H groups in total. The Labute approximate surface area is 194 Å². The lowest BCUT2D eigenvalue weighted by Crippen LogP contribution is -2.46. The molecule has 0 aliphatic carbocycles. The molecular weight excluding hydrogens is 444 g/mol. The van der Waals surface area contributed by atoms with Gasteiger partial charge in [-0.05, 0) is 55.3 Å². The van der Waals surface area contributed by atoms with Crippen LogP contribution in [0.3, 0.4) is 0 Å². The highest BCUT2D eigenvalue weighted by Crippen LogP contribution is 2.17. The number of benzene rings is 2. The van der Waals surface area contributed by atoms with Crippen molar-refractivity contribution in [2.45, 2.75) is 18.9 Å². The van der Waals surface area contributed by atoms with Gasteiger partial charge in [0.25, 0.3) is 17.7 Å². The highest BCUT2D eigenvalue weighted by molar-refractivity contribution is 6.07. The molecule has 174 valence electrons. The second kappa shape index (κ2) is 10.2. The van der Waals surface area contributed by atoms with Crippen molar-refractivity contribution in [2.75, 3.05) is 18.4 Å². The molecule has 0 spiro atoms. The van der Waals surface area contributed by atoms with Crippen molar-refractivity contribution in [1.29, 1.82) is 0 Å². The molecule has 2 heterocycles. The molecule has 1 aliphatic rings. The Morgan fingerprint density at radius 2 is 1.56 bits per heavy atom. The summed E-state index contributed by atoms with van der Waals surface area (Å²) < 4.78 is 26.5. The van der Waals surface area contributed by atoms with Gasteiger partial charge >= 0.3 is 0 Å². The Kier molecular flexibility index (Phi) is 6.86. The minimum Gasteiger partial charge on any atom is -0.348 e. The third-order valence-electron chi connectivity index (χ3n) is 5.44. The van der Waals surface area contributed by atoms with Crippen LogP contribution in [-0.2, 0) is 0 Å². The Morgan fingerprint density at radius 3 is 2.26 bits per heavy atom. The first kappa shape index (κ1) is 23.0. The van der Waals surface area contributed by atoms with E-state index in [9.17, 15) is 23.2 Å². The maximum atomic E-state index is 13.4. The third kappa shape index (κ3) is 5.40. The van der Waals surface area contributed by atoms with Gasteiger partial charge in [0.15, 0.2) is 11.5 Å². The molecule has 8 nitrogen and oxygen atoms in total. The number of anilines is 1. The van der Waals surface area contributed by atoms with Gasteiger partial charge in [-0.2, -0.15) is 0 Å². The van der Waals surface area contributed by atoms with E-state index in [0.717, 1.165) is 12.1 Å². The zero-order valence-electron chi connectivity index (χ0n) is 18.0. The number of hydrogen-bond acceptors (Lipinski definition) is 5. The van der Waals surface area contributed by atoms with Crippen molar-refractivity contribution in [2.24, 2.45) is 0 Å². The Morgan fingerprint density at radius 1 is 0.853 bits per heavy atom. The van der Waals surface area contributed by atoms with E-state index < -0.39 is 23.4 Å². The van der Waals surface area contributed by atoms with E-state index in [2.05, 4.69) is 20.6 Å². The van der Waals surface area contributed by atoms with Gasteiger partial charge in [-0.1, -0.05) is 6.07 Å². The molecular formula is C24H21F2N5O3. The van der Waals surface area contributed by atoms with Crippen LogP contribution in [0.2, 0.25) is 0 Å². The minimum absolute atomic E-state index is 0.0203. The molecule has 1 saturated heterocycles. The van der Waals surface area contributed by atoms with Gasteiger partial charge < -0.3 is 15.5 Å². The predicted octanol–water partition coefficient (Wildman–Crippen LogP) is 3.04. The Hall–Kier alpha value is -4.21. The number of hydrogen-bond donors (Lipinski definition) is 2. The number of piperidine rings is 1. The van der Waals surface area contributed by atoms with Crippen LogP contribution in [0.5, 0.6) is 0 Å². The summed E-state index contributed by atoms with van der Waals surface area (Å²) in [5, 5.41) is 5.39. The maximum absolute atomic E-state index is 13.4. The van der Waals surface area contributed by atoms with Crippen LogP contribution in [-0.4, -0.2) is 51.7 Å². The molecule has 1 aliphatic heterocycles. The lowest BCUT2D eigenvalue weighted by molar-refractivity contribution is 0.0697. The van der Waals surface area contributed by atoms with E-state index in [1.807, 2.05) is 0 Å². The summed E-state index contributed by atoms with van der Waals surface area (Å²) in [5.74, 6) is -2.30. The van der Waals surface area contributed by atoms with Crippen molar-refractivity contribution >= 4 is 23.5 Å². The number of nitrogens with zero attached hydrogens (tertiary/aromatic N) is 3. The zero-order chi connectivity index (χ0) is 24.1. The highest BCUT2D eigenvalue weighted by Gasteiger charge is 2.26. The van der Waals surface area contributed by atoms with Crippen LogP contribution < -0.4 is 10.6 Å². The lowest BCUT2D eigenvalue weighted by Gasteiger charge is -2.32. The largest absolute Gasteiger partial charge is 0.348 e. The second-order valence-corrected chi connectivity index (χ2v) is 7.76. The molecule has 10 heteroatoms. The number of aromatic nitrogens is 2. The zero-order valence-corrected chi connectivity index (χ0v) is 18.0. The van der Waals surface area contributed by atoms with E-state index in [0.29, 0.717) is 25.9 Å². The molecule has 0 radical (unpaired) electrons. The number of halogens is 2. The second-order valence-electron chi connectivity index (χ2n) is 7.76. The Bertz CT molecular complexity index is 1210. The highest BCUT2D eigenvalue weighted by atomic mass is 19.1. The van der Waals surface area contributed by atoms with Gasteiger partial charge in [-0.15, -0.1) is 0 Å². The average Bonchev–Trinajstić information content (AvgIpc) is 2.85. The van der Waals surface area contributed by atoms with Crippen LogP contribution in [0.4, 0.5) is 14.6 Å². The van der Waals surface area contributed by atoms with Gasteiger partial charge in [-0.3, -0.25) is 14.4 Å². The average molecular weight is 465 g/mol. The molecule has 1 fully saturated rings. The lowest BCUT2D eigenvalue weighted by atomic mass is 10.0. The number of amides is 3. The molecule has 0 unspecified atom stereocenters. The first-order valence-corrected chi connectivity index (χ1v) is 10.6. The van der Waals surface area contributed by atoms with E-state index in [4.69, 9.17) is 0 Å². The molecule has 0 bridgehead atoms.